The van der Waals surface area contributed by atoms with Crippen LogP contribution in [0, 0.1) is 10.1 Å². The van der Waals surface area contributed by atoms with Crippen LogP contribution in [0.3, 0.4) is 0 Å². The highest BCUT2D eigenvalue weighted by atomic mass is 16.6. The van der Waals surface area contributed by atoms with Gasteiger partial charge in [0.2, 0.25) is 6.04 Å². The largest absolute Gasteiger partial charge is 0.481 e. The maximum Gasteiger partial charge on any atom is 0.303 e. The molecule has 0 spiro atoms. The van der Waals surface area contributed by atoms with Crippen LogP contribution in [0.5, 0.6) is 0 Å². The second kappa shape index (κ2) is 17.2. The van der Waals surface area contributed by atoms with Gasteiger partial charge >= 0.3 is 5.97 Å². The molecule has 0 aliphatic heterocycles. The lowest BCUT2D eigenvalue weighted by molar-refractivity contribution is -0.510. The number of carbonyl (C=O) groups is 1. The Kier molecular flexibility index (Phi) is 16.0. The molecule has 1 N–H and O–H groups in total. The number of aliphatic carboxylic acids is 1. The third-order valence-electron chi connectivity index (χ3n) is 4.16. The molecule has 0 amide bonds. The maximum absolute atomic E-state index is 11.1. The standard InChI is InChI=1S/C20H35NO4/c1-2-3-4-5-6-7-10-13-16-19(21(24)25)17-14-11-8-9-12-15-18-20(22)23/h7,10,14,17,19H,2-6,8-9,11-13,15-16,18H2,1H3,(H,22,23)/b10-7+,17-14+. The number of hydrogen-bond donors (Lipinski definition) is 1. The molecular weight excluding hydrogens is 318 g/mol. The average molecular weight is 354 g/mol. The van der Waals surface area contributed by atoms with Crippen molar-refractivity contribution >= 4 is 5.97 Å². The monoisotopic (exact) mass is 353 g/mol. The predicted octanol–water partition coefficient (Wildman–Crippen LogP) is 5.92. The van der Waals surface area contributed by atoms with E-state index < -0.39 is 12.0 Å². The first-order valence-corrected chi connectivity index (χ1v) is 9.74. The molecule has 0 aromatic heterocycles. The van der Waals surface area contributed by atoms with E-state index in [1.807, 2.05) is 6.08 Å². The van der Waals surface area contributed by atoms with Gasteiger partial charge in [0.15, 0.2) is 0 Å². The minimum absolute atomic E-state index is 0.210. The number of carboxylic acids is 1. The zero-order valence-electron chi connectivity index (χ0n) is 15.7. The highest BCUT2D eigenvalue weighted by molar-refractivity contribution is 5.66. The van der Waals surface area contributed by atoms with Gasteiger partial charge in [-0.3, -0.25) is 14.9 Å². The van der Waals surface area contributed by atoms with Crippen LogP contribution in [-0.4, -0.2) is 22.0 Å². The Bertz CT molecular complexity index is 405. The Morgan fingerprint density at radius 1 is 0.960 bits per heavy atom. The molecule has 0 radical (unpaired) electrons. The highest BCUT2D eigenvalue weighted by Crippen LogP contribution is 2.09. The smallest absolute Gasteiger partial charge is 0.303 e. The Morgan fingerprint density at radius 2 is 1.56 bits per heavy atom. The molecule has 1 atom stereocenters. The van der Waals surface area contributed by atoms with Crippen molar-refractivity contribution in [3.05, 3.63) is 34.4 Å². The van der Waals surface area contributed by atoms with Gasteiger partial charge in [-0.1, -0.05) is 57.3 Å². The lowest BCUT2D eigenvalue weighted by Crippen LogP contribution is -2.15. The van der Waals surface area contributed by atoms with Crippen LogP contribution in [0.2, 0.25) is 0 Å². The number of carboxylic acid groups (broad SMARTS) is 1. The van der Waals surface area contributed by atoms with E-state index >= 15 is 0 Å². The topological polar surface area (TPSA) is 80.4 Å². The van der Waals surface area contributed by atoms with Crippen molar-refractivity contribution in [3.63, 3.8) is 0 Å². The zero-order valence-corrected chi connectivity index (χ0v) is 15.7. The summed E-state index contributed by atoms with van der Waals surface area (Å²) in [6.45, 7) is 2.20. The summed E-state index contributed by atoms with van der Waals surface area (Å²) in [5, 5.41) is 19.6. The second-order valence-corrected chi connectivity index (χ2v) is 6.53. The minimum Gasteiger partial charge on any atom is -0.481 e. The van der Waals surface area contributed by atoms with Crippen molar-refractivity contribution in [1.29, 1.82) is 0 Å². The van der Waals surface area contributed by atoms with Gasteiger partial charge in [-0.25, -0.2) is 0 Å². The Balaban J connectivity index is 3.77. The molecular formula is C20H35NO4. The van der Waals surface area contributed by atoms with E-state index in [-0.39, 0.29) is 11.3 Å². The number of nitrogens with zero attached hydrogens (tertiary/aromatic N) is 1. The fraction of sp³-hybridized carbons (Fsp3) is 0.750. The molecule has 0 heterocycles. The van der Waals surface area contributed by atoms with E-state index in [0.29, 0.717) is 12.8 Å². The number of nitro groups is 1. The third kappa shape index (κ3) is 17.0. The van der Waals surface area contributed by atoms with Crippen molar-refractivity contribution in [2.24, 2.45) is 0 Å². The predicted molar refractivity (Wildman–Crippen MR) is 102 cm³/mol. The minimum atomic E-state index is -0.747. The molecule has 0 aromatic rings. The molecule has 0 aromatic carbocycles. The van der Waals surface area contributed by atoms with Crippen LogP contribution in [-0.2, 0) is 4.79 Å². The highest BCUT2D eigenvalue weighted by Gasteiger charge is 2.14. The second-order valence-electron chi connectivity index (χ2n) is 6.53. The van der Waals surface area contributed by atoms with E-state index in [1.54, 1.807) is 6.08 Å². The first-order valence-electron chi connectivity index (χ1n) is 9.74. The first-order chi connectivity index (χ1) is 12.1. The summed E-state index contributed by atoms with van der Waals surface area (Å²) in [6.07, 6.45) is 19.8. The van der Waals surface area contributed by atoms with Gasteiger partial charge in [0.05, 0.1) is 0 Å². The van der Waals surface area contributed by atoms with Gasteiger partial charge in [-0.2, -0.15) is 0 Å². The first kappa shape index (κ1) is 23.4. The van der Waals surface area contributed by atoms with Crippen LogP contribution >= 0.6 is 0 Å². The molecule has 0 saturated heterocycles. The van der Waals surface area contributed by atoms with Crippen LogP contribution in [0.1, 0.15) is 90.4 Å². The summed E-state index contributed by atoms with van der Waals surface area (Å²) in [5.41, 5.74) is 0. The van der Waals surface area contributed by atoms with Gasteiger partial charge in [-0.05, 0) is 44.6 Å². The molecule has 0 rings (SSSR count). The van der Waals surface area contributed by atoms with Crippen molar-refractivity contribution < 1.29 is 14.8 Å². The van der Waals surface area contributed by atoms with Gasteiger partial charge in [0.25, 0.3) is 0 Å². The van der Waals surface area contributed by atoms with Crippen molar-refractivity contribution in [1.82, 2.24) is 0 Å². The van der Waals surface area contributed by atoms with Crippen LogP contribution < -0.4 is 0 Å². The summed E-state index contributed by atoms with van der Waals surface area (Å²) in [4.78, 5) is 21.3. The normalized spacial score (nSPS) is 12.8. The molecule has 1 unspecified atom stereocenters. The van der Waals surface area contributed by atoms with Crippen LogP contribution in [0.25, 0.3) is 0 Å². The molecule has 5 heteroatoms. The maximum atomic E-state index is 11.1. The number of hydrogen-bond acceptors (Lipinski definition) is 3. The number of allylic oxidation sites excluding steroid dienone is 3. The van der Waals surface area contributed by atoms with E-state index in [4.69, 9.17) is 5.11 Å². The fourth-order valence-electron chi connectivity index (χ4n) is 2.61. The summed E-state index contributed by atoms with van der Waals surface area (Å²) in [6, 6.07) is -0.600. The Labute approximate surface area is 152 Å². The molecule has 0 bridgehead atoms. The Hall–Kier alpha value is -1.65. The van der Waals surface area contributed by atoms with Gasteiger partial charge in [-0.15, -0.1) is 0 Å². The van der Waals surface area contributed by atoms with E-state index in [1.165, 1.54) is 25.7 Å². The number of rotatable bonds is 17. The summed E-state index contributed by atoms with van der Waals surface area (Å²) < 4.78 is 0. The van der Waals surface area contributed by atoms with Gasteiger partial charge in [0.1, 0.15) is 0 Å². The molecule has 5 nitrogen and oxygen atoms in total. The van der Waals surface area contributed by atoms with Gasteiger partial charge in [0, 0.05) is 17.8 Å². The van der Waals surface area contributed by atoms with Gasteiger partial charge < -0.3 is 5.11 Å². The lowest BCUT2D eigenvalue weighted by Gasteiger charge is -2.03. The molecule has 0 aliphatic carbocycles. The average Bonchev–Trinajstić information content (AvgIpc) is 2.57. The Morgan fingerprint density at radius 3 is 2.20 bits per heavy atom. The zero-order chi connectivity index (χ0) is 18.8. The lowest BCUT2D eigenvalue weighted by atomic mass is 10.1. The third-order valence-corrected chi connectivity index (χ3v) is 4.16. The van der Waals surface area contributed by atoms with Crippen LogP contribution in [0.4, 0.5) is 0 Å². The fourth-order valence-corrected chi connectivity index (χ4v) is 2.61. The van der Waals surface area contributed by atoms with E-state index in [9.17, 15) is 14.9 Å². The van der Waals surface area contributed by atoms with Crippen LogP contribution in [0.15, 0.2) is 24.3 Å². The molecule has 0 saturated carbocycles. The molecule has 144 valence electrons. The number of unbranched alkanes of at least 4 members (excludes halogenated alkanes) is 8. The van der Waals surface area contributed by atoms with Crippen molar-refractivity contribution in [2.45, 2.75) is 96.4 Å². The summed E-state index contributed by atoms with van der Waals surface area (Å²) >= 11 is 0. The quantitative estimate of drug-likeness (QED) is 0.152. The summed E-state index contributed by atoms with van der Waals surface area (Å²) in [7, 11) is 0. The van der Waals surface area contributed by atoms with Crippen molar-refractivity contribution in [2.75, 3.05) is 0 Å². The molecule has 25 heavy (non-hydrogen) atoms. The molecule has 0 fully saturated rings. The van der Waals surface area contributed by atoms with E-state index in [0.717, 1.165) is 38.5 Å². The molecule has 0 aliphatic rings. The van der Waals surface area contributed by atoms with Crippen molar-refractivity contribution in [3.8, 4) is 0 Å². The van der Waals surface area contributed by atoms with E-state index in [2.05, 4.69) is 19.1 Å². The summed E-state index contributed by atoms with van der Waals surface area (Å²) in [5.74, 6) is -0.747. The SMILES string of the molecule is CCCCCC/C=C/CCC(/C=C/CCCCCCC(=O)O)[N+](=O)[O-].